The van der Waals surface area contributed by atoms with E-state index in [1.54, 1.807) is 6.21 Å². The number of nitrogens with zero attached hydrogens (tertiary/aromatic N) is 1. The molecular weight excluding hydrogens is 182 g/mol. The van der Waals surface area contributed by atoms with Crippen LogP contribution in [0.1, 0.15) is 25.5 Å². The summed E-state index contributed by atoms with van der Waals surface area (Å²) in [6.45, 7) is 3.97. The van der Waals surface area contributed by atoms with Crippen molar-refractivity contribution < 1.29 is 0 Å². The van der Waals surface area contributed by atoms with E-state index in [1.807, 2.05) is 25.1 Å². The predicted molar refractivity (Wildman–Crippen MR) is 58.7 cm³/mol. The lowest BCUT2D eigenvalue weighted by Gasteiger charge is -2.05. The first-order valence-electron chi connectivity index (χ1n) is 4.42. The molecule has 0 heterocycles. The van der Waals surface area contributed by atoms with E-state index in [0.29, 0.717) is 0 Å². The molecule has 0 amide bonds. The first kappa shape index (κ1) is 10.3. The van der Waals surface area contributed by atoms with Crippen molar-refractivity contribution in [1.82, 2.24) is 0 Å². The van der Waals surface area contributed by atoms with Crippen LogP contribution in [0.2, 0.25) is 0 Å². The Morgan fingerprint density at radius 2 is 1.85 bits per heavy atom. The second-order valence-electron chi connectivity index (χ2n) is 3.06. The summed E-state index contributed by atoms with van der Waals surface area (Å²) in [5.41, 5.74) is 1.22. The van der Waals surface area contributed by atoms with Gasteiger partial charge in [0.1, 0.15) is 0 Å². The smallest absolute Gasteiger partial charge is 0.0717 e. The lowest BCUT2D eigenvalue weighted by Crippen LogP contribution is -1.95. The summed E-state index contributed by atoms with van der Waals surface area (Å²) >= 11 is 5.76. The highest BCUT2D eigenvalue weighted by Crippen LogP contribution is 2.15. The van der Waals surface area contributed by atoms with Crippen LogP contribution < -0.4 is 0 Å². The molecule has 2 heteroatoms. The molecule has 0 N–H and O–H groups in total. The maximum atomic E-state index is 5.76. The van der Waals surface area contributed by atoms with E-state index in [9.17, 15) is 0 Å². The summed E-state index contributed by atoms with van der Waals surface area (Å²) in [5.74, 6) is 0. The average molecular weight is 196 g/mol. The molecule has 0 radical (unpaired) electrons. The molecule has 0 aliphatic heterocycles. The molecule has 0 aromatic heterocycles. The van der Waals surface area contributed by atoms with Crippen molar-refractivity contribution in [2.45, 2.75) is 25.3 Å². The lowest BCUT2D eigenvalue weighted by molar-refractivity contribution is 0.821. The summed E-state index contributed by atoms with van der Waals surface area (Å²) in [5, 5.41) is 0.00571. The van der Waals surface area contributed by atoms with Crippen LogP contribution in [-0.2, 0) is 0 Å². The molecule has 0 saturated heterocycles. The SMILES string of the molecule is CC(Cl)C=NC(C)c1ccccc1. The van der Waals surface area contributed by atoms with Gasteiger partial charge in [0, 0.05) is 6.21 Å². The van der Waals surface area contributed by atoms with Crippen molar-refractivity contribution in [3.8, 4) is 0 Å². The minimum absolute atomic E-state index is 0.00571. The predicted octanol–water partition coefficient (Wildman–Crippen LogP) is 3.45. The lowest BCUT2D eigenvalue weighted by atomic mass is 10.1. The van der Waals surface area contributed by atoms with Crippen LogP contribution in [0.25, 0.3) is 0 Å². The van der Waals surface area contributed by atoms with Gasteiger partial charge in [-0.25, -0.2) is 0 Å². The van der Waals surface area contributed by atoms with Crippen LogP contribution in [0.5, 0.6) is 0 Å². The largest absolute Gasteiger partial charge is 0.288 e. The highest BCUT2D eigenvalue weighted by Gasteiger charge is 2.00. The zero-order chi connectivity index (χ0) is 9.68. The second kappa shape index (κ2) is 5.03. The van der Waals surface area contributed by atoms with Crippen LogP contribution >= 0.6 is 11.6 Å². The van der Waals surface area contributed by atoms with E-state index in [4.69, 9.17) is 11.6 Å². The number of hydrogen-bond donors (Lipinski definition) is 0. The van der Waals surface area contributed by atoms with Crippen LogP contribution in [0.15, 0.2) is 35.3 Å². The fourth-order valence-corrected chi connectivity index (χ4v) is 1.13. The van der Waals surface area contributed by atoms with Crippen LogP contribution in [-0.4, -0.2) is 11.6 Å². The number of hydrogen-bond acceptors (Lipinski definition) is 1. The van der Waals surface area contributed by atoms with E-state index in [2.05, 4.69) is 24.0 Å². The Morgan fingerprint density at radius 3 is 2.38 bits per heavy atom. The molecule has 0 fully saturated rings. The van der Waals surface area contributed by atoms with E-state index < -0.39 is 0 Å². The van der Waals surface area contributed by atoms with E-state index >= 15 is 0 Å². The molecule has 2 atom stereocenters. The topological polar surface area (TPSA) is 12.4 Å². The normalized spacial score (nSPS) is 15.9. The van der Waals surface area contributed by atoms with Crippen molar-refractivity contribution in [1.29, 1.82) is 0 Å². The van der Waals surface area contributed by atoms with Crippen LogP contribution in [0, 0.1) is 0 Å². The fourth-order valence-electron chi connectivity index (χ4n) is 1.07. The molecule has 70 valence electrons. The monoisotopic (exact) mass is 195 g/mol. The summed E-state index contributed by atoms with van der Waals surface area (Å²) < 4.78 is 0. The number of benzene rings is 1. The zero-order valence-corrected chi connectivity index (χ0v) is 8.70. The molecule has 2 unspecified atom stereocenters. The molecule has 0 bridgehead atoms. The van der Waals surface area contributed by atoms with Gasteiger partial charge in [-0.05, 0) is 19.4 Å². The number of halogens is 1. The number of aliphatic imine (C=N–C) groups is 1. The van der Waals surface area contributed by atoms with Gasteiger partial charge >= 0.3 is 0 Å². The Hall–Kier alpha value is -0.820. The number of alkyl halides is 1. The maximum absolute atomic E-state index is 5.76. The van der Waals surface area contributed by atoms with Gasteiger partial charge in [0.15, 0.2) is 0 Å². The fraction of sp³-hybridized carbons (Fsp3) is 0.364. The number of rotatable bonds is 3. The summed E-state index contributed by atoms with van der Waals surface area (Å²) in [7, 11) is 0. The van der Waals surface area contributed by atoms with Gasteiger partial charge in [0.05, 0.1) is 11.4 Å². The Kier molecular flexibility index (Phi) is 3.97. The molecule has 1 aromatic carbocycles. The molecule has 13 heavy (non-hydrogen) atoms. The average Bonchev–Trinajstić information content (AvgIpc) is 2.15. The van der Waals surface area contributed by atoms with E-state index in [-0.39, 0.29) is 11.4 Å². The van der Waals surface area contributed by atoms with Gasteiger partial charge in [0.25, 0.3) is 0 Å². The van der Waals surface area contributed by atoms with Crippen LogP contribution in [0.3, 0.4) is 0 Å². The first-order valence-corrected chi connectivity index (χ1v) is 4.86. The highest BCUT2D eigenvalue weighted by atomic mass is 35.5. The standard InChI is InChI=1S/C11H14ClN/c1-9(12)8-13-10(2)11-6-4-3-5-7-11/h3-10H,1-2H3. The van der Waals surface area contributed by atoms with Crippen molar-refractivity contribution in [3.63, 3.8) is 0 Å². The van der Waals surface area contributed by atoms with Gasteiger partial charge in [-0.3, -0.25) is 4.99 Å². The molecule has 1 rings (SSSR count). The summed E-state index contributed by atoms with van der Waals surface area (Å²) in [4.78, 5) is 4.34. The quantitative estimate of drug-likeness (QED) is 0.518. The molecule has 0 aliphatic rings. The van der Waals surface area contributed by atoms with E-state index in [0.717, 1.165) is 0 Å². The molecule has 1 aromatic rings. The molecular formula is C11H14ClN. The molecule has 0 spiro atoms. The summed E-state index contributed by atoms with van der Waals surface area (Å²) in [6, 6.07) is 10.4. The Bertz CT molecular complexity index is 267. The van der Waals surface area contributed by atoms with Crippen molar-refractivity contribution in [2.75, 3.05) is 0 Å². The van der Waals surface area contributed by atoms with Gasteiger partial charge in [0.2, 0.25) is 0 Å². The Morgan fingerprint density at radius 1 is 1.23 bits per heavy atom. The van der Waals surface area contributed by atoms with Gasteiger partial charge in [-0.2, -0.15) is 0 Å². The molecule has 0 saturated carbocycles. The highest BCUT2D eigenvalue weighted by molar-refractivity contribution is 6.27. The Labute approximate surface area is 84.5 Å². The Balaban J connectivity index is 2.64. The summed E-state index contributed by atoms with van der Waals surface area (Å²) in [6.07, 6.45) is 1.78. The minimum atomic E-state index is 0.00571. The van der Waals surface area contributed by atoms with Crippen molar-refractivity contribution >= 4 is 17.8 Å². The van der Waals surface area contributed by atoms with Crippen LogP contribution in [0.4, 0.5) is 0 Å². The van der Waals surface area contributed by atoms with E-state index in [1.165, 1.54) is 5.56 Å². The van der Waals surface area contributed by atoms with Crippen molar-refractivity contribution in [2.24, 2.45) is 4.99 Å². The second-order valence-corrected chi connectivity index (χ2v) is 3.75. The minimum Gasteiger partial charge on any atom is -0.288 e. The molecule has 1 nitrogen and oxygen atoms in total. The third-order valence-corrected chi connectivity index (χ3v) is 1.91. The molecule has 0 aliphatic carbocycles. The maximum Gasteiger partial charge on any atom is 0.0717 e. The third kappa shape index (κ3) is 3.60. The van der Waals surface area contributed by atoms with Gasteiger partial charge in [-0.1, -0.05) is 30.3 Å². The first-order chi connectivity index (χ1) is 6.20. The van der Waals surface area contributed by atoms with Gasteiger partial charge in [-0.15, -0.1) is 11.6 Å². The van der Waals surface area contributed by atoms with Gasteiger partial charge < -0.3 is 0 Å². The third-order valence-electron chi connectivity index (χ3n) is 1.80. The zero-order valence-electron chi connectivity index (χ0n) is 7.94. The van der Waals surface area contributed by atoms with Crippen molar-refractivity contribution in [3.05, 3.63) is 35.9 Å².